The highest BCUT2D eigenvalue weighted by Crippen LogP contribution is 2.30. The van der Waals surface area contributed by atoms with Gasteiger partial charge in [-0.05, 0) is 43.3 Å². The number of benzene rings is 2. The molecule has 2 amide bonds. The maximum atomic E-state index is 12.9. The second-order valence-electron chi connectivity index (χ2n) is 6.85. The van der Waals surface area contributed by atoms with Crippen molar-refractivity contribution in [3.63, 3.8) is 0 Å². The fourth-order valence-corrected chi connectivity index (χ4v) is 4.34. The molecule has 2 aromatic rings. The summed E-state index contributed by atoms with van der Waals surface area (Å²) >= 11 is 7.64. The predicted molar refractivity (Wildman–Crippen MR) is 115 cm³/mol. The Balaban J connectivity index is 1.44. The number of thioether (sulfide) groups is 1. The number of anilines is 1. The molecule has 0 spiro atoms. The molecule has 1 saturated heterocycles. The average Bonchev–Trinajstić information content (AvgIpc) is 2.71. The van der Waals surface area contributed by atoms with E-state index in [2.05, 4.69) is 5.32 Å². The highest BCUT2D eigenvalue weighted by molar-refractivity contribution is 8.00. The fourth-order valence-electron chi connectivity index (χ4n) is 3.10. The second kappa shape index (κ2) is 10.1. The molecule has 1 N–H and O–H groups in total. The molecule has 1 fully saturated rings. The number of hydrogen-bond acceptors (Lipinski definition) is 4. The van der Waals surface area contributed by atoms with Crippen LogP contribution in [0.4, 0.5) is 10.1 Å². The molecule has 1 aliphatic rings. The summed E-state index contributed by atoms with van der Waals surface area (Å²) in [5.74, 6) is -0.421. The standard InChI is InChI=1S/C21H23ClFN3O2S/c1-15(29-19-5-3-2-4-18(19)22)21(28)26-12-10-25(11-13-26)14-20(27)24-17-8-6-16(23)7-9-17/h2-9,15H,10-14H2,1H3,(H,24,27). The Bertz CT molecular complexity index is 857. The molecule has 154 valence electrons. The third-order valence-corrected chi connectivity index (χ3v) is 6.27. The molecule has 3 rings (SSSR count). The summed E-state index contributed by atoms with van der Waals surface area (Å²) in [6.45, 7) is 4.55. The van der Waals surface area contributed by atoms with Gasteiger partial charge in [0.2, 0.25) is 11.8 Å². The van der Waals surface area contributed by atoms with Crippen LogP contribution < -0.4 is 5.32 Å². The molecule has 0 radical (unpaired) electrons. The summed E-state index contributed by atoms with van der Waals surface area (Å²) in [4.78, 5) is 29.7. The number of amides is 2. The number of halogens is 2. The highest BCUT2D eigenvalue weighted by Gasteiger charge is 2.26. The first kappa shape index (κ1) is 21.6. The van der Waals surface area contributed by atoms with Gasteiger partial charge < -0.3 is 10.2 Å². The summed E-state index contributed by atoms with van der Waals surface area (Å²) in [5.41, 5.74) is 0.565. The SMILES string of the molecule is CC(Sc1ccccc1Cl)C(=O)N1CCN(CC(=O)Nc2ccc(F)cc2)CC1. The van der Waals surface area contributed by atoms with E-state index in [0.29, 0.717) is 36.9 Å². The summed E-state index contributed by atoms with van der Waals surface area (Å²) in [6.07, 6.45) is 0. The van der Waals surface area contributed by atoms with Gasteiger partial charge in [-0.15, -0.1) is 11.8 Å². The van der Waals surface area contributed by atoms with Crippen LogP contribution >= 0.6 is 23.4 Å². The molecule has 0 aromatic heterocycles. The summed E-state index contributed by atoms with van der Waals surface area (Å²) in [5, 5.41) is 3.17. The van der Waals surface area contributed by atoms with Crippen molar-refractivity contribution >= 4 is 40.9 Å². The van der Waals surface area contributed by atoms with E-state index >= 15 is 0 Å². The first-order chi connectivity index (χ1) is 13.9. The molecule has 8 heteroatoms. The van der Waals surface area contributed by atoms with Crippen LogP contribution in [0.25, 0.3) is 0 Å². The number of carbonyl (C=O) groups is 2. The van der Waals surface area contributed by atoms with Gasteiger partial charge in [-0.3, -0.25) is 14.5 Å². The summed E-state index contributed by atoms with van der Waals surface area (Å²) in [6, 6.07) is 13.2. The van der Waals surface area contributed by atoms with E-state index in [0.717, 1.165) is 4.90 Å². The number of nitrogens with zero attached hydrogens (tertiary/aromatic N) is 2. The van der Waals surface area contributed by atoms with Gasteiger partial charge in [0.15, 0.2) is 0 Å². The lowest BCUT2D eigenvalue weighted by Crippen LogP contribution is -2.52. The third kappa shape index (κ3) is 6.19. The molecular formula is C21H23ClFN3O2S. The number of rotatable bonds is 6. The first-order valence-corrected chi connectivity index (χ1v) is 10.7. The summed E-state index contributed by atoms with van der Waals surface area (Å²) < 4.78 is 12.9. The van der Waals surface area contributed by atoms with Crippen LogP contribution in [-0.2, 0) is 9.59 Å². The van der Waals surface area contributed by atoms with E-state index < -0.39 is 0 Å². The molecule has 1 unspecified atom stereocenters. The van der Waals surface area contributed by atoms with Crippen molar-refractivity contribution in [1.82, 2.24) is 9.80 Å². The van der Waals surface area contributed by atoms with E-state index in [1.807, 2.05) is 41.0 Å². The lowest BCUT2D eigenvalue weighted by Gasteiger charge is -2.35. The molecule has 29 heavy (non-hydrogen) atoms. The second-order valence-corrected chi connectivity index (χ2v) is 8.64. The van der Waals surface area contributed by atoms with Crippen LogP contribution in [0.5, 0.6) is 0 Å². The molecule has 5 nitrogen and oxygen atoms in total. The molecule has 1 aliphatic heterocycles. The van der Waals surface area contributed by atoms with E-state index in [4.69, 9.17) is 11.6 Å². The Kier molecular flexibility index (Phi) is 7.52. The van der Waals surface area contributed by atoms with Gasteiger partial charge in [-0.25, -0.2) is 4.39 Å². The Morgan fingerprint density at radius 1 is 1.10 bits per heavy atom. The van der Waals surface area contributed by atoms with Crippen molar-refractivity contribution in [1.29, 1.82) is 0 Å². The zero-order chi connectivity index (χ0) is 20.8. The van der Waals surface area contributed by atoms with E-state index in [-0.39, 0.29) is 29.4 Å². The number of carbonyl (C=O) groups excluding carboxylic acids is 2. The van der Waals surface area contributed by atoms with Crippen LogP contribution in [-0.4, -0.2) is 59.6 Å². The topological polar surface area (TPSA) is 52.7 Å². The van der Waals surface area contributed by atoms with E-state index in [9.17, 15) is 14.0 Å². The minimum atomic E-state index is -0.342. The molecule has 0 saturated carbocycles. The molecule has 0 aliphatic carbocycles. The van der Waals surface area contributed by atoms with E-state index in [1.165, 1.54) is 36.0 Å². The van der Waals surface area contributed by atoms with Crippen molar-refractivity contribution in [3.05, 3.63) is 59.4 Å². The average molecular weight is 436 g/mol. The largest absolute Gasteiger partial charge is 0.339 e. The molecule has 0 bridgehead atoms. The van der Waals surface area contributed by atoms with Gasteiger partial charge in [-0.2, -0.15) is 0 Å². The molecule has 1 atom stereocenters. The van der Waals surface area contributed by atoms with Crippen LogP contribution in [0, 0.1) is 5.82 Å². The molecule has 2 aromatic carbocycles. The number of nitrogens with one attached hydrogen (secondary N) is 1. The van der Waals surface area contributed by atoms with Crippen molar-refractivity contribution in [3.8, 4) is 0 Å². The minimum Gasteiger partial charge on any atom is -0.339 e. The predicted octanol–water partition coefficient (Wildman–Crippen LogP) is 3.74. The van der Waals surface area contributed by atoms with Crippen molar-refractivity contribution in [2.45, 2.75) is 17.1 Å². The minimum absolute atomic E-state index is 0.0744. The van der Waals surface area contributed by atoms with Crippen LogP contribution in [0.1, 0.15) is 6.92 Å². The smallest absolute Gasteiger partial charge is 0.238 e. The Morgan fingerprint density at radius 3 is 2.41 bits per heavy atom. The van der Waals surface area contributed by atoms with Crippen molar-refractivity contribution < 1.29 is 14.0 Å². The molecule has 1 heterocycles. The van der Waals surface area contributed by atoms with E-state index in [1.54, 1.807) is 0 Å². The zero-order valence-electron chi connectivity index (χ0n) is 16.1. The Morgan fingerprint density at radius 2 is 1.76 bits per heavy atom. The van der Waals surface area contributed by atoms with Crippen molar-refractivity contribution in [2.24, 2.45) is 0 Å². The zero-order valence-corrected chi connectivity index (χ0v) is 17.7. The lowest BCUT2D eigenvalue weighted by atomic mass is 10.2. The quantitative estimate of drug-likeness (QED) is 0.702. The first-order valence-electron chi connectivity index (χ1n) is 9.40. The van der Waals surface area contributed by atoms with Crippen LogP contribution in [0.15, 0.2) is 53.4 Å². The summed E-state index contributed by atoms with van der Waals surface area (Å²) in [7, 11) is 0. The van der Waals surface area contributed by atoms with Gasteiger partial charge in [0.05, 0.1) is 16.8 Å². The maximum absolute atomic E-state index is 12.9. The fraction of sp³-hybridized carbons (Fsp3) is 0.333. The Hall–Kier alpha value is -2.09. The third-order valence-electron chi connectivity index (χ3n) is 4.67. The van der Waals surface area contributed by atoms with Gasteiger partial charge in [0, 0.05) is 36.8 Å². The number of hydrogen-bond donors (Lipinski definition) is 1. The molecular weight excluding hydrogens is 413 g/mol. The van der Waals surface area contributed by atoms with Gasteiger partial charge in [-0.1, -0.05) is 23.7 Å². The maximum Gasteiger partial charge on any atom is 0.238 e. The van der Waals surface area contributed by atoms with Gasteiger partial charge in [0.1, 0.15) is 5.82 Å². The van der Waals surface area contributed by atoms with Gasteiger partial charge in [0.25, 0.3) is 0 Å². The van der Waals surface area contributed by atoms with Gasteiger partial charge >= 0.3 is 0 Å². The normalized spacial score (nSPS) is 15.8. The lowest BCUT2D eigenvalue weighted by molar-refractivity contribution is -0.132. The van der Waals surface area contributed by atoms with Crippen LogP contribution in [0.3, 0.4) is 0 Å². The monoisotopic (exact) mass is 435 g/mol. The van der Waals surface area contributed by atoms with Crippen LogP contribution in [0.2, 0.25) is 5.02 Å². The number of piperazine rings is 1. The highest BCUT2D eigenvalue weighted by atomic mass is 35.5. The van der Waals surface area contributed by atoms with Crippen molar-refractivity contribution in [2.75, 3.05) is 38.0 Å². The Labute approximate surface area is 179 Å².